The monoisotopic (exact) mass is 438 g/mol. The van der Waals surface area contributed by atoms with E-state index < -0.39 is 18.4 Å². The number of ether oxygens (including phenoxy) is 1. The van der Waals surface area contributed by atoms with Gasteiger partial charge in [0, 0.05) is 0 Å². The van der Waals surface area contributed by atoms with Crippen molar-refractivity contribution in [3.63, 3.8) is 0 Å². The summed E-state index contributed by atoms with van der Waals surface area (Å²) in [6.07, 6.45) is 10.6. The van der Waals surface area contributed by atoms with Gasteiger partial charge in [0.05, 0.1) is 0 Å². The molecule has 0 spiro atoms. The first-order valence-electron chi connectivity index (χ1n) is 9.99. The predicted octanol–water partition coefficient (Wildman–Crippen LogP) is 7.10. The summed E-state index contributed by atoms with van der Waals surface area (Å²) in [7, 11) is 1.82. The molecule has 0 amide bonds. The molecule has 0 atom stereocenters. The molecule has 0 bridgehead atoms. The average molecular weight is 437 g/mol. The molecule has 0 aliphatic rings. The van der Waals surface area contributed by atoms with Crippen LogP contribution in [0.25, 0.3) is 3.59 Å². The molecular formula is C22H38OSn. The molecule has 0 fully saturated rings. The summed E-state index contributed by atoms with van der Waals surface area (Å²) in [5.74, 6) is 0. The van der Waals surface area contributed by atoms with E-state index in [-0.39, 0.29) is 0 Å². The Morgan fingerprint density at radius 2 is 1.38 bits per heavy atom. The first kappa shape index (κ1) is 21.8. The average Bonchev–Trinajstić information content (AvgIpc) is 2.63. The van der Waals surface area contributed by atoms with E-state index in [1.807, 2.05) is 7.11 Å². The molecule has 0 unspecified atom stereocenters. The van der Waals surface area contributed by atoms with Gasteiger partial charge < -0.3 is 0 Å². The second-order valence-electron chi connectivity index (χ2n) is 7.03. The Labute approximate surface area is 154 Å². The summed E-state index contributed by atoms with van der Waals surface area (Å²) >= 11 is -2.40. The molecule has 1 aromatic rings. The maximum atomic E-state index is 5.46. The quantitative estimate of drug-likeness (QED) is 0.299. The van der Waals surface area contributed by atoms with Gasteiger partial charge in [-0.1, -0.05) is 0 Å². The standard InChI is InChI=1S/C10H11O.3C4H9.Sn/c1-11-9-5-8-10-6-3-2-4-7-10;3*1-3-4-2;/h2-7H,9H2,1H3;3*1,3-4H2,2H3;. The van der Waals surface area contributed by atoms with Crippen LogP contribution in [0.4, 0.5) is 0 Å². The summed E-state index contributed by atoms with van der Waals surface area (Å²) in [6, 6.07) is 11.2. The molecule has 0 radical (unpaired) electrons. The molecule has 0 heterocycles. The van der Waals surface area contributed by atoms with E-state index in [9.17, 15) is 0 Å². The molecule has 24 heavy (non-hydrogen) atoms. The van der Waals surface area contributed by atoms with Crippen LogP contribution >= 0.6 is 0 Å². The van der Waals surface area contributed by atoms with Gasteiger partial charge in [0.2, 0.25) is 0 Å². The van der Waals surface area contributed by atoms with Gasteiger partial charge in [-0.05, 0) is 0 Å². The van der Waals surface area contributed by atoms with Crippen LogP contribution in [-0.4, -0.2) is 32.1 Å². The van der Waals surface area contributed by atoms with Gasteiger partial charge in [-0.25, -0.2) is 0 Å². The Kier molecular flexibility index (Phi) is 11.8. The molecule has 0 N–H and O–H groups in total. The first-order chi connectivity index (χ1) is 11.7. The van der Waals surface area contributed by atoms with E-state index in [4.69, 9.17) is 4.74 Å². The molecule has 1 rings (SSSR count). The predicted molar refractivity (Wildman–Crippen MR) is 111 cm³/mol. The molecule has 1 aromatic carbocycles. The second kappa shape index (κ2) is 13.0. The Morgan fingerprint density at radius 1 is 0.875 bits per heavy atom. The minimum atomic E-state index is -2.40. The fourth-order valence-corrected chi connectivity index (χ4v) is 20.7. The normalized spacial score (nSPS) is 12.6. The van der Waals surface area contributed by atoms with Crippen molar-refractivity contribution in [3.05, 3.63) is 42.0 Å². The molecule has 0 aliphatic heterocycles. The molecular weight excluding hydrogens is 399 g/mol. The zero-order valence-electron chi connectivity index (χ0n) is 16.4. The van der Waals surface area contributed by atoms with Crippen molar-refractivity contribution in [3.8, 4) is 0 Å². The fourth-order valence-electron chi connectivity index (χ4n) is 3.75. The molecule has 2 heteroatoms. The zero-order chi connectivity index (χ0) is 17.7. The second-order valence-corrected chi connectivity index (χ2v) is 20.2. The van der Waals surface area contributed by atoms with Crippen LogP contribution in [0.1, 0.15) is 64.9 Å². The van der Waals surface area contributed by atoms with Gasteiger partial charge >= 0.3 is 155 Å². The fraction of sp³-hybridized carbons (Fsp3) is 0.636. The molecule has 0 aromatic heterocycles. The van der Waals surface area contributed by atoms with Crippen LogP contribution in [0.2, 0.25) is 13.3 Å². The Morgan fingerprint density at radius 3 is 1.79 bits per heavy atom. The van der Waals surface area contributed by atoms with Crippen molar-refractivity contribution in [2.24, 2.45) is 0 Å². The number of hydrogen-bond donors (Lipinski definition) is 0. The number of methoxy groups -OCH3 is 1. The SMILES string of the molecule is CCC[CH2][Sn]([CH2]CCC)([CH2]CCC)/[C](=C\COC)c1ccccc1. The first-order valence-corrected chi connectivity index (χ1v) is 17.5. The van der Waals surface area contributed by atoms with Gasteiger partial charge in [-0.3, -0.25) is 0 Å². The van der Waals surface area contributed by atoms with Crippen molar-refractivity contribution < 1.29 is 4.74 Å². The van der Waals surface area contributed by atoms with Crippen LogP contribution < -0.4 is 0 Å². The van der Waals surface area contributed by atoms with E-state index in [2.05, 4.69) is 57.2 Å². The van der Waals surface area contributed by atoms with Gasteiger partial charge in [0.25, 0.3) is 0 Å². The Hall–Kier alpha value is -0.281. The van der Waals surface area contributed by atoms with Crippen molar-refractivity contribution in [2.75, 3.05) is 13.7 Å². The third-order valence-electron chi connectivity index (χ3n) is 5.14. The van der Waals surface area contributed by atoms with E-state index >= 15 is 0 Å². The van der Waals surface area contributed by atoms with Crippen LogP contribution in [-0.2, 0) is 4.74 Å². The zero-order valence-corrected chi connectivity index (χ0v) is 19.3. The van der Waals surface area contributed by atoms with Crippen LogP contribution in [0.3, 0.4) is 0 Å². The van der Waals surface area contributed by atoms with Crippen LogP contribution in [0.15, 0.2) is 36.4 Å². The van der Waals surface area contributed by atoms with Crippen molar-refractivity contribution in [1.82, 2.24) is 0 Å². The van der Waals surface area contributed by atoms with E-state index in [0.29, 0.717) is 0 Å². The molecule has 0 aliphatic carbocycles. The maximum absolute atomic E-state index is 5.46. The Bertz CT molecular complexity index is 431. The summed E-state index contributed by atoms with van der Waals surface area (Å²) < 4.78 is 11.7. The summed E-state index contributed by atoms with van der Waals surface area (Å²) in [5, 5.41) is 0. The van der Waals surface area contributed by atoms with Crippen molar-refractivity contribution >= 4 is 22.0 Å². The van der Waals surface area contributed by atoms with Gasteiger partial charge in [0.1, 0.15) is 0 Å². The number of rotatable bonds is 13. The molecule has 136 valence electrons. The van der Waals surface area contributed by atoms with Gasteiger partial charge in [-0.15, -0.1) is 0 Å². The summed E-state index contributed by atoms with van der Waals surface area (Å²) in [5.41, 5.74) is 1.48. The number of hydrogen-bond acceptors (Lipinski definition) is 1. The third-order valence-corrected chi connectivity index (χ3v) is 21.0. The van der Waals surface area contributed by atoms with Crippen molar-refractivity contribution in [1.29, 1.82) is 0 Å². The topological polar surface area (TPSA) is 9.23 Å². The molecule has 0 saturated carbocycles. The van der Waals surface area contributed by atoms with Crippen LogP contribution in [0, 0.1) is 0 Å². The van der Waals surface area contributed by atoms with E-state index in [1.54, 1.807) is 3.59 Å². The third kappa shape index (κ3) is 6.91. The number of benzene rings is 1. The van der Waals surface area contributed by atoms with E-state index in [1.165, 1.54) is 57.4 Å². The van der Waals surface area contributed by atoms with Crippen molar-refractivity contribution in [2.45, 2.75) is 72.6 Å². The molecule has 1 nitrogen and oxygen atoms in total. The minimum absolute atomic E-state index is 0.757. The van der Waals surface area contributed by atoms with Gasteiger partial charge in [-0.2, -0.15) is 0 Å². The Balaban J connectivity index is 3.28. The van der Waals surface area contributed by atoms with E-state index in [0.717, 1.165) is 6.61 Å². The van der Waals surface area contributed by atoms with Crippen LogP contribution in [0.5, 0.6) is 0 Å². The summed E-state index contributed by atoms with van der Waals surface area (Å²) in [4.78, 5) is 0. The molecule has 0 saturated heterocycles. The van der Waals surface area contributed by atoms with Gasteiger partial charge in [0.15, 0.2) is 0 Å². The summed E-state index contributed by atoms with van der Waals surface area (Å²) in [6.45, 7) is 7.79. The number of unbranched alkanes of at least 4 members (excludes halogenated alkanes) is 3.